The quantitative estimate of drug-likeness (QED) is 0.304. The molecule has 37 heavy (non-hydrogen) atoms. The second-order valence-electron chi connectivity index (χ2n) is 13.6. The maximum absolute atomic E-state index is 11.9. The summed E-state index contributed by atoms with van der Waals surface area (Å²) in [7, 11) is 0. The number of hydrogen-bond acceptors (Lipinski definition) is 4. The Kier molecular flexibility index (Phi) is 7.30. The highest BCUT2D eigenvalue weighted by atomic mass is 16.5. The predicted octanol–water partition coefficient (Wildman–Crippen LogP) is 6.72. The zero-order valence-electron chi connectivity index (χ0n) is 24.0. The molecule has 3 fully saturated rings. The number of hydrogen-bond donors (Lipinski definition) is 1. The summed E-state index contributed by atoms with van der Waals surface area (Å²) < 4.78 is 12.5. The van der Waals surface area contributed by atoms with E-state index in [-0.39, 0.29) is 23.4 Å². The molecule has 0 unspecified atom stereocenters. The van der Waals surface area contributed by atoms with E-state index in [1.54, 1.807) is 12.5 Å². The summed E-state index contributed by atoms with van der Waals surface area (Å²) in [6.07, 6.45) is 13.5. The lowest BCUT2D eigenvalue weighted by Crippen LogP contribution is -2.50. The number of esters is 1. The van der Waals surface area contributed by atoms with E-state index in [0.29, 0.717) is 29.8 Å². The summed E-state index contributed by atoms with van der Waals surface area (Å²) in [6, 6.07) is 0. The molecule has 1 amide bonds. The number of carbonyl (C=O) groups is 2. The molecule has 206 valence electrons. The van der Waals surface area contributed by atoms with Gasteiger partial charge in [0.05, 0.1) is 5.76 Å². The highest BCUT2D eigenvalue weighted by Crippen LogP contribution is 2.69. The minimum Gasteiger partial charge on any atom is -0.494 e. The number of ether oxygens (including phenoxy) is 2. The first-order valence-corrected chi connectivity index (χ1v) is 15.1. The van der Waals surface area contributed by atoms with Crippen LogP contribution < -0.4 is 5.32 Å². The molecule has 0 spiro atoms. The SMILES string of the molecule is CCC(=O)O[C@H]1CC[C@@]2(C)C(=CC[C@H]3[C@H]4C[C@H]5OC(CC[C@@H](C)CNC(C)=O)=C(C)[C@@H]5[C@@]4(C)CC[C@H]32)C1. The van der Waals surface area contributed by atoms with E-state index in [1.165, 1.54) is 37.0 Å². The van der Waals surface area contributed by atoms with Crippen molar-refractivity contribution in [3.05, 3.63) is 23.0 Å². The van der Waals surface area contributed by atoms with Gasteiger partial charge in [-0.3, -0.25) is 9.59 Å². The van der Waals surface area contributed by atoms with Gasteiger partial charge in [-0.15, -0.1) is 0 Å². The third-order valence-electron chi connectivity index (χ3n) is 11.4. The first-order valence-electron chi connectivity index (χ1n) is 15.1. The fourth-order valence-electron chi connectivity index (χ4n) is 9.38. The average molecular weight is 512 g/mol. The van der Waals surface area contributed by atoms with E-state index < -0.39 is 0 Å². The summed E-state index contributed by atoms with van der Waals surface area (Å²) >= 11 is 0. The molecule has 0 radical (unpaired) electrons. The second kappa shape index (κ2) is 10.1. The van der Waals surface area contributed by atoms with Crippen molar-refractivity contribution >= 4 is 11.9 Å². The van der Waals surface area contributed by atoms with Crippen molar-refractivity contribution in [2.75, 3.05) is 6.54 Å². The van der Waals surface area contributed by atoms with Crippen LogP contribution in [0, 0.1) is 40.4 Å². The zero-order valence-corrected chi connectivity index (χ0v) is 24.0. The Morgan fingerprint density at radius 2 is 2.00 bits per heavy atom. The Morgan fingerprint density at radius 3 is 2.73 bits per heavy atom. The van der Waals surface area contributed by atoms with Crippen molar-refractivity contribution in [3.63, 3.8) is 0 Å². The normalized spacial score (nSPS) is 41.0. The monoisotopic (exact) mass is 511 g/mol. The molecule has 1 heterocycles. The number of allylic oxidation sites excluding steroid dienone is 2. The first kappa shape index (κ1) is 26.8. The van der Waals surface area contributed by atoms with Crippen molar-refractivity contribution in [1.82, 2.24) is 5.32 Å². The molecule has 0 saturated heterocycles. The molecule has 5 nitrogen and oxygen atoms in total. The van der Waals surface area contributed by atoms with Crippen molar-refractivity contribution in [2.45, 2.75) is 118 Å². The van der Waals surface area contributed by atoms with Gasteiger partial charge in [0.15, 0.2) is 0 Å². The van der Waals surface area contributed by atoms with Gasteiger partial charge >= 0.3 is 5.97 Å². The standard InChI is InChI=1S/C32H49NO4/c1-7-29(35)36-23-12-14-31(5)22(16-23)9-10-24-25(31)13-15-32(6)26(24)17-28-30(32)20(3)27(37-28)11-8-19(2)18-33-21(4)34/h9,19,23-26,28,30H,7-8,10-18H2,1-6H3,(H,33,34)/t19-,23+,24-,25-,26-,28-,30+,31+,32+/m1/s1. The van der Waals surface area contributed by atoms with Crippen LogP contribution in [0.2, 0.25) is 0 Å². The summed E-state index contributed by atoms with van der Waals surface area (Å²) in [6.45, 7) is 13.9. The molecule has 4 aliphatic carbocycles. The third-order valence-corrected chi connectivity index (χ3v) is 11.4. The van der Waals surface area contributed by atoms with Gasteiger partial charge in [-0.2, -0.15) is 0 Å². The molecule has 9 atom stereocenters. The van der Waals surface area contributed by atoms with E-state index >= 15 is 0 Å². The van der Waals surface area contributed by atoms with Crippen LogP contribution in [0.25, 0.3) is 0 Å². The Hall–Kier alpha value is -1.78. The molecule has 5 heteroatoms. The van der Waals surface area contributed by atoms with E-state index in [0.717, 1.165) is 56.4 Å². The lowest BCUT2D eigenvalue weighted by Gasteiger charge is -2.58. The van der Waals surface area contributed by atoms with Crippen LogP contribution in [0.5, 0.6) is 0 Å². The van der Waals surface area contributed by atoms with Crippen LogP contribution in [0.3, 0.4) is 0 Å². The van der Waals surface area contributed by atoms with Crippen LogP contribution in [0.15, 0.2) is 23.0 Å². The Balaban J connectivity index is 1.28. The Morgan fingerprint density at radius 1 is 1.22 bits per heavy atom. The van der Waals surface area contributed by atoms with Crippen molar-refractivity contribution in [1.29, 1.82) is 0 Å². The summed E-state index contributed by atoms with van der Waals surface area (Å²) in [5.41, 5.74) is 3.67. The number of nitrogens with one attached hydrogen (secondary N) is 1. The van der Waals surface area contributed by atoms with Gasteiger partial charge in [-0.1, -0.05) is 39.3 Å². The van der Waals surface area contributed by atoms with Gasteiger partial charge in [0.25, 0.3) is 0 Å². The van der Waals surface area contributed by atoms with Crippen LogP contribution in [0.4, 0.5) is 0 Å². The van der Waals surface area contributed by atoms with E-state index in [9.17, 15) is 9.59 Å². The van der Waals surface area contributed by atoms with Crippen LogP contribution in [-0.4, -0.2) is 30.6 Å². The van der Waals surface area contributed by atoms with Gasteiger partial charge in [0, 0.05) is 38.6 Å². The van der Waals surface area contributed by atoms with Gasteiger partial charge in [-0.25, -0.2) is 0 Å². The molecule has 1 aliphatic heterocycles. The fourth-order valence-corrected chi connectivity index (χ4v) is 9.38. The number of fused-ring (bicyclic) bond motifs is 7. The van der Waals surface area contributed by atoms with E-state index in [1.807, 2.05) is 6.92 Å². The molecular formula is C32H49NO4. The topological polar surface area (TPSA) is 64.6 Å². The van der Waals surface area contributed by atoms with Gasteiger partial charge in [-0.05, 0) is 91.9 Å². The van der Waals surface area contributed by atoms with Crippen LogP contribution in [-0.2, 0) is 19.1 Å². The van der Waals surface area contributed by atoms with E-state index in [4.69, 9.17) is 9.47 Å². The Labute approximate surface area is 224 Å². The molecule has 0 aromatic heterocycles. The summed E-state index contributed by atoms with van der Waals surface area (Å²) in [5.74, 6) is 4.45. The van der Waals surface area contributed by atoms with Crippen LogP contribution >= 0.6 is 0 Å². The number of amides is 1. The van der Waals surface area contributed by atoms with Crippen molar-refractivity contribution in [2.24, 2.45) is 40.4 Å². The molecule has 0 bridgehead atoms. The molecule has 0 aromatic rings. The van der Waals surface area contributed by atoms with Crippen molar-refractivity contribution < 1.29 is 19.1 Å². The molecule has 1 N–H and O–H groups in total. The summed E-state index contributed by atoms with van der Waals surface area (Å²) in [4.78, 5) is 23.2. The maximum Gasteiger partial charge on any atom is 0.305 e. The smallest absolute Gasteiger partial charge is 0.305 e. The van der Waals surface area contributed by atoms with Gasteiger partial charge < -0.3 is 14.8 Å². The first-order chi connectivity index (χ1) is 17.6. The molecular weight excluding hydrogens is 462 g/mol. The van der Waals surface area contributed by atoms with Crippen molar-refractivity contribution in [3.8, 4) is 0 Å². The van der Waals surface area contributed by atoms with E-state index in [2.05, 4.69) is 39.1 Å². The lowest BCUT2D eigenvalue weighted by molar-refractivity contribution is -0.151. The molecule has 3 saturated carbocycles. The minimum absolute atomic E-state index is 0.0509. The predicted molar refractivity (Wildman–Crippen MR) is 145 cm³/mol. The highest BCUT2D eigenvalue weighted by Gasteiger charge is 2.63. The zero-order chi connectivity index (χ0) is 26.5. The third kappa shape index (κ3) is 4.67. The fraction of sp³-hybridized carbons (Fsp3) is 0.812. The van der Waals surface area contributed by atoms with Gasteiger partial charge in [0.1, 0.15) is 12.2 Å². The number of rotatable bonds is 7. The molecule has 5 aliphatic rings. The minimum atomic E-state index is -0.0567. The van der Waals surface area contributed by atoms with Gasteiger partial charge in [0.2, 0.25) is 5.91 Å². The van der Waals surface area contributed by atoms with Crippen LogP contribution in [0.1, 0.15) is 106 Å². The second-order valence-corrected chi connectivity index (χ2v) is 13.6. The molecule has 5 rings (SSSR count). The lowest BCUT2D eigenvalue weighted by atomic mass is 9.47. The maximum atomic E-state index is 11.9. The Bertz CT molecular complexity index is 983. The highest BCUT2D eigenvalue weighted by molar-refractivity contribution is 5.72. The number of carbonyl (C=O) groups excluding carboxylic acids is 2. The largest absolute Gasteiger partial charge is 0.494 e. The molecule has 0 aromatic carbocycles. The average Bonchev–Trinajstić information content (AvgIpc) is 3.34. The summed E-state index contributed by atoms with van der Waals surface area (Å²) in [5, 5.41) is 2.96.